The van der Waals surface area contributed by atoms with E-state index in [0.29, 0.717) is 24.2 Å². The zero-order chi connectivity index (χ0) is 19.7. The molecule has 1 aromatic heterocycles. The first-order chi connectivity index (χ1) is 13.6. The van der Waals surface area contributed by atoms with Gasteiger partial charge in [-0.1, -0.05) is 6.07 Å². The van der Waals surface area contributed by atoms with E-state index in [1.807, 2.05) is 12.1 Å². The molecule has 8 heteroatoms. The summed E-state index contributed by atoms with van der Waals surface area (Å²) in [7, 11) is 0. The van der Waals surface area contributed by atoms with Crippen LogP contribution in [0.15, 0.2) is 24.4 Å². The summed E-state index contributed by atoms with van der Waals surface area (Å²) in [5, 5.41) is 6.63. The Bertz CT molecular complexity index is 881. The van der Waals surface area contributed by atoms with E-state index in [-0.39, 0.29) is 11.6 Å². The lowest BCUT2D eigenvalue weighted by atomic mass is 10.1. The number of nitrogens with zero attached hydrogens (tertiary/aromatic N) is 3. The van der Waals surface area contributed by atoms with E-state index in [9.17, 15) is 4.79 Å². The lowest BCUT2D eigenvalue weighted by Crippen LogP contribution is -2.31. The molecule has 0 radical (unpaired) electrons. The quantitative estimate of drug-likeness (QED) is 0.550. The summed E-state index contributed by atoms with van der Waals surface area (Å²) in [5.74, 6) is 0.880. The fourth-order valence-electron chi connectivity index (χ4n) is 3.83. The van der Waals surface area contributed by atoms with E-state index in [2.05, 4.69) is 38.5 Å². The number of amides is 1. The second kappa shape index (κ2) is 7.63. The monoisotopic (exact) mass is 381 g/mol. The van der Waals surface area contributed by atoms with Crippen LogP contribution in [-0.4, -0.2) is 41.6 Å². The number of carbonyl (C=O) groups is 1. The van der Waals surface area contributed by atoms with Gasteiger partial charge >= 0.3 is 0 Å². The fraction of sp³-hybridized carbons (Fsp3) is 0.450. The van der Waals surface area contributed by atoms with Crippen molar-refractivity contribution in [2.24, 2.45) is 17.4 Å². The second-order valence-electron chi connectivity index (χ2n) is 7.40. The van der Waals surface area contributed by atoms with Crippen LogP contribution in [0.3, 0.4) is 0 Å². The Morgan fingerprint density at radius 1 is 1.39 bits per heavy atom. The number of aromatic nitrogens is 2. The number of nitrogens with two attached hydrogens (primary N) is 2. The first kappa shape index (κ1) is 18.5. The van der Waals surface area contributed by atoms with Crippen LogP contribution in [-0.2, 0) is 6.42 Å². The maximum atomic E-state index is 11.9. The number of nitrogens with one attached hydrogen (secondary N) is 2. The van der Waals surface area contributed by atoms with Crippen molar-refractivity contribution in [1.82, 2.24) is 9.97 Å². The summed E-state index contributed by atoms with van der Waals surface area (Å²) < 4.78 is 0. The van der Waals surface area contributed by atoms with Gasteiger partial charge in [-0.15, -0.1) is 0 Å². The van der Waals surface area contributed by atoms with Crippen LogP contribution in [0, 0.1) is 5.92 Å². The molecule has 6 N–H and O–H groups in total. The van der Waals surface area contributed by atoms with Gasteiger partial charge in [-0.05, 0) is 44.2 Å². The largest absolute Gasteiger partial charge is 0.371 e. The lowest BCUT2D eigenvalue weighted by Gasteiger charge is -2.19. The van der Waals surface area contributed by atoms with Crippen LogP contribution in [0.1, 0.15) is 35.7 Å². The standard InChI is InChI=1S/C20H27N7O/c1-2-27-9-8-13-15(4-3-5-17(13)27)24-19-14(18(22)28)11-23-20(26-19)25-16(10-21)12-6-7-12/h3-5,11-12,16H,2,6-10,21H2,1H3,(H2,22,28)(H2,23,24,25,26). The Balaban J connectivity index is 1.64. The van der Waals surface area contributed by atoms with E-state index in [4.69, 9.17) is 11.5 Å². The average molecular weight is 381 g/mol. The Hall–Kier alpha value is -2.87. The van der Waals surface area contributed by atoms with E-state index in [1.165, 1.54) is 30.3 Å². The van der Waals surface area contributed by atoms with Gasteiger partial charge in [0.15, 0.2) is 0 Å². The summed E-state index contributed by atoms with van der Waals surface area (Å²) in [6.45, 7) is 4.62. The Labute approximate surface area is 164 Å². The highest BCUT2D eigenvalue weighted by atomic mass is 16.1. The van der Waals surface area contributed by atoms with Gasteiger partial charge in [-0.2, -0.15) is 4.98 Å². The van der Waals surface area contributed by atoms with Crippen molar-refractivity contribution in [3.05, 3.63) is 35.5 Å². The molecular formula is C20H27N7O. The van der Waals surface area contributed by atoms with E-state index < -0.39 is 5.91 Å². The normalized spacial score (nSPS) is 16.6. The molecule has 1 fully saturated rings. The van der Waals surface area contributed by atoms with Crippen molar-refractivity contribution in [3.8, 4) is 0 Å². The van der Waals surface area contributed by atoms with Gasteiger partial charge in [0.1, 0.15) is 11.4 Å². The van der Waals surface area contributed by atoms with Crippen molar-refractivity contribution in [2.45, 2.75) is 32.2 Å². The molecule has 0 bridgehead atoms. The van der Waals surface area contributed by atoms with Crippen molar-refractivity contribution < 1.29 is 4.79 Å². The Morgan fingerprint density at radius 2 is 2.21 bits per heavy atom. The zero-order valence-corrected chi connectivity index (χ0v) is 16.1. The van der Waals surface area contributed by atoms with Crippen LogP contribution in [0.5, 0.6) is 0 Å². The molecule has 2 aliphatic rings. The predicted molar refractivity (Wildman–Crippen MR) is 111 cm³/mol. The smallest absolute Gasteiger partial charge is 0.254 e. The number of benzene rings is 1. The summed E-state index contributed by atoms with van der Waals surface area (Å²) in [6, 6.07) is 6.29. The summed E-state index contributed by atoms with van der Waals surface area (Å²) >= 11 is 0. The molecule has 0 saturated heterocycles. The minimum atomic E-state index is -0.561. The molecule has 8 nitrogen and oxygen atoms in total. The molecule has 1 unspecified atom stereocenters. The van der Waals surface area contributed by atoms with Crippen molar-refractivity contribution in [1.29, 1.82) is 0 Å². The highest BCUT2D eigenvalue weighted by Crippen LogP contribution is 2.36. The van der Waals surface area contributed by atoms with Crippen LogP contribution in [0.2, 0.25) is 0 Å². The summed E-state index contributed by atoms with van der Waals surface area (Å²) in [6.07, 6.45) is 4.76. The number of carbonyl (C=O) groups excluding carboxylic acids is 1. The number of hydrogen-bond acceptors (Lipinski definition) is 7. The van der Waals surface area contributed by atoms with Gasteiger partial charge in [-0.3, -0.25) is 4.79 Å². The Kier molecular flexibility index (Phi) is 5.04. The molecule has 1 aromatic carbocycles. The van der Waals surface area contributed by atoms with Crippen molar-refractivity contribution in [2.75, 3.05) is 35.2 Å². The highest BCUT2D eigenvalue weighted by molar-refractivity contribution is 5.98. The third-order valence-corrected chi connectivity index (χ3v) is 5.57. The minimum Gasteiger partial charge on any atom is -0.371 e. The van der Waals surface area contributed by atoms with Crippen LogP contribution >= 0.6 is 0 Å². The minimum absolute atomic E-state index is 0.145. The number of fused-ring (bicyclic) bond motifs is 1. The predicted octanol–water partition coefficient (Wildman–Crippen LogP) is 1.85. The molecule has 2 heterocycles. The molecule has 1 aliphatic heterocycles. The number of anilines is 4. The van der Waals surface area contributed by atoms with Crippen LogP contribution in [0.25, 0.3) is 0 Å². The third kappa shape index (κ3) is 3.60. The average Bonchev–Trinajstić information content (AvgIpc) is 3.45. The number of hydrogen-bond donors (Lipinski definition) is 4. The SMILES string of the molecule is CCN1CCc2c(Nc3nc(NC(CN)C4CC4)ncc3C(N)=O)cccc21. The first-order valence-corrected chi connectivity index (χ1v) is 9.88. The van der Waals surface area contributed by atoms with E-state index >= 15 is 0 Å². The van der Waals surface area contributed by atoms with Gasteiger partial charge in [0.05, 0.1) is 0 Å². The zero-order valence-electron chi connectivity index (χ0n) is 16.1. The molecule has 148 valence electrons. The number of likely N-dealkylation sites (N-methyl/N-ethyl adjacent to an activating group) is 1. The molecule has 2 aromatic rings. The summed E-state index contributed by atoms with van der Waals surface area (Å²) in [4.78, 5) is 23.1. The van der Waals surface area contributed by atoms with Gasteiger partial charge in [0.2, 0.25) is 5.95 Å². The molecule has 1 amide bonds. The number of primary amides is 1. The van der Waals surface area contributed by atoms with Gasteiger partial charge in [-0.25, -0.2) is 4.98 Å². The molecule has 1 aliphatic carbocycles. The van der Waals surface area contributed by atoms with Gasteiger partial charge in [0, 0.05) is 48.8 Å². The van der Waals surface area contributed by atoms with Crippen molar-refractivity contribution >= 4 is 29.0 Å². The fourth-order valence-corrected chi connectivity index (χ4v) is 3.83. The second-order valence-corrected chi connectivity index (χ2v) is 7.40. The highest BCUT2D eigenvalue weighted by Gasteiger charge is 2.31. The third-order valence-electron chi connectivity index (χ3n) is 5.57. The molecule has 1 saturated carbocycles. The maximum Gasteiger partial charge on any atom is 0.254 e. The van der Waals surface area contributed by atoms with E-state index in [1.54, 1.807) is 0 Å². The first-order valence-electron chi connectivity index (χ1n) is 9.88. The van der Waals surface area contributed by atoms with Gasteiger partial charge in [0.25, 0.3) is 5.91 Å². The van der Waals surface area contributed by atoms with Crippen LogP contribution < -0.4 is 27.0 Å². The molecular weight excluding hydrogens is 354 g/mol. The maximum absolute atomic E-state index is 11.9. The van der Waals surface area contributed by atoms with Gasteiger partial charge < -0.3 is 27.0 Å². The topological polar surface area (TPSA) is 122 Å². The van der Waals surface area contributed by atoms with E-state index in [0.717, 1.165) is 25.2 Å². The molecule has 28 heavy (non-hydrogen) atoms. The molecule has 0 spiro atoms. The van der Waals surface area contributed by atoms with Crippen LogP contribution in [0.4, 0.5) is 23.1 Å². The molecule has 1 atom stereocenters. The lowest BCUT2D eigenvalue weighted by molar-refractivity contribution is 0.100. The summed E-state index contributed by atoms with van der Waals surface area (Å²) in [5.41, 5.74) is 15.1. The van der Waals surface area contributed by atoms with Crippen molar-refractivity contribution in [3.63, 3.8) is 0 Å². The molecule has 4 rings (SSSR count). The Morgan fingerprint density at radius 3 is 2.89 bits per heavy atom. The number of rotatable bonds is 8.